The molecule has 1 amide bonds. The van der Waals surface area contributed by atoms with Crippen LogP contribution in [0.4, 0.5) is 31.7 Å². The van der Waals surface area contributed by atoms with Gasteiger partial charge >= 0.3 is 0 Å². The Kier molecular flexibility index (Phi) is 6.50. The second-order valence-electron chi connectivity index (χ2n) is 8.65. The lowest BCUT2D eigenvalue weighted by atomic mass is 10.1. The molecule has 2 N–H and O–H groups in total. The number of aromatic nitrogens is 1. The molecule has 0 aliphatic carbocycles. The molecule has 0 saturated carbocycles. The van der Waals surface area contributed by atoms with Gasteiger partial charge in [-0.3, -0.25) is 4.79 Å². The quantitative estimate of drug-likeness (QED) is 0.563. The Bertz CT molecular complexity index is 1210. The molecule has 35 heavy (non-hydrogen) atoms. The zero-order valence-electron chi connectivity index (χ0n) is 19.1. The molecule has 0 unspecified atom stereocenters. The maximum Gasteiger partial charge on any atom is 0.259 e. The first kappa shape index (κ1) is 23.0. The molecule has 3 heterocycles. The zero-order valence-corrected chi connectivity index (χ0v) is 19.1. The van der Waals surface area contributed by atoms with Gasteiger partial charge in [0.1, 0.15) is 24.9 Å². The van der Waals surface area contributed by atoms with Crippen molar-refractivity contribution in [3.05, 3.63) is 71.7 Å². The molecular weight excluding hydrogens is 454 g/mol. The van der Waals surface area contributed by atoms with Crippen LogP contribution in [0.15, 0.2) is 54.7 Å². The number of fused-ring (bicyclic) bond motifs is 1. The molecule has 0 atom stereocenters. The van der Waals surface area contributed by atoms with Gasteiger partial charge in [-0.1, -0.05) is 12.1 Å². The summed E-state index contributed by atoms with van der Waals surface area (Å²) in [5, 5.41) is 12.4. The smallest absolute Gasteiger partial charge is 0.259 e. The number of benzene rings is 2. The van der Waals surface area contributed by atoms with Crippen LogP contribution in [0, 0.1) is 5.82 Å². The number of aliphatic hydroxyl groups is 1. The molecule has 182 valence electrons. The van der Waals surface area contributed by atoms with E-state index in [9.17, 15) is 18.7 Å². The second kappa shape index (κ2) is 9.87. The lowest BCUT2D eigenvalue weighted by Crippen LogP contribution is -2.36. The summed E-state index contributed by atoms with van der Waals surface area (Å²) in [4.78, 5) is 21.3. The van der Waals surface area contributed by atoms with Crippen molar-refractivity contribution in [3.8, 4) is 5.75 Å². The molecule has 0 spiro atoms. The second-order valence-corrected chi connectivity index (χ2v) is 8.65. The molecular formula is C26H26F2N4O3. The van der Waals surface area contributed by atoms with Gasteiger partial charge < -0.3 is 25.0 Å². The number of nitrogens with one attached hydrogen (secondary N) is 1. The van der Waals surface area contributed by atoms with Crippen LogP contribution in [0.5, 0.6) is 5.75 Å². The third-order valence-corrected chi connectivity index (χ3v) is 6.34. The van der Waals surface area contributed by atoms with Crippen LogP contribution in [0.25, 0.3) is 0 Å². The van der Waals surface area contributed by atoms with Crippen molar-refractivity contribution in [2.75, 3.05) is 41.4 Å². The number of alkyl halides is 1. The third kappa shape index (κ3) is 4.77. The average molecular weight is 481 g/mol. The van der Waals surface area contributed by atoms with Gasteiger partial charge in [0.2, 0.25) is 0 Å². The van der Waals surface area contributed by atoms with Gasteiger partial charge in [-0.2, -0.15) is 0 Å². The number of hydrogen-bond acceptors (Lipinski definition) is 6. The zero-order chi connectivity index (χ0) is 24.4. The standard InChI is InChI=1S/C26H26F2N4O3/c27-15-17-4-7-24(29-16-17)32-12-13-35-25-20(2-1-3-23(25)32)26(34)30-18-5-6-22(21(28)14-18)31-10-8-19(33)9-11-31/h1-7,14,16,19,33H,8-13,15H2,(H,30,34). The van der Waals surface area contributed by atoms with Crippen LogP contribution < -0.4 is 19.9 Å². The van der Waals surface area contributed by atoms with E-state index in [1.54, 1.807) is 36.4 Å². The SMILES string of the molecule is O=C(Nc1ccc(N2CCC(O)CC2)c(F)c1)c1cccc2c1OCCN2c1ccc(CF)cn1. The average Bonchev–Trinajstić information content (AvgIpc) is 2.89. The van der Waals surface area contributed by atoms with E-state index in [2.05, 4.69) is 10.3 Å². The van der Waals surface area contributed by atoms with Gasteiger partial charge in [-0.05, 0) is 49.2 Å². The number of halogens is 2. The summed E-state index contributed by atoms with van der Waals surface area (Å²) in [6.07, 6.45) is 2.35. The van der Waals surface area contributed by atoms with Crippen LogP contribution in [-0.2, 0) is 6.67 Å². The maximum absolute atomic E-state index is 14.8. The maximum atomic E-state index is 14.8. The minimum absolute atomic E-state index is 0.321. The van der Waals surface area contributed by atoms with E-state index in [4.69, 9.17) is 4.74 Å². The number of amides is 1. The Morgan fingerprint density at radius 2 is 1.94 bits per heavy atom. The minimum atomic E-state index is -0.583. The molecule has 9 heteroatoms. The summed E-state index contributed by atoms with van der Waals surface area (Å²) in [5.41, 5.74) is 2.28. The number of anilines is 4. The predicted molar refractivity (Wildman–Crippen MR) is 130 cm³/mol. The largest absolute Gasteiger partial charge is 0.489 e. The molecule has 7 nitrogen and oxygen atoms in total. The van der Waals surface area contributed by atoms with Crippen molar-refractivity contribution in [1.82, 2.24) is 4.98 Å². The number of rotatable bonds is 5. The minimum Gasteiger partial charge on any atom is -0.489 e. The number of pyridine rings is 1. The molecule has 0 radical (unpaired) electrons. The fourth-order valence-corrected chi connectivity index (χ4v) is 4.47. The van der Waals surface area contributed by atoms with Crippen LogP contribution in [0.2, 0.25) is 0 Å². The Hall–Kier alpha value is -3.72. The fourth-order valence-electron chi connectivity index (χ4n) is 4.47. The van der Waals surface area contributed by atoms with Crippen LogP contribution >= 0.6 is 0 Å². The highest BCUT2D eigenvalue weighted by Gasteiger charge is 2.26. The number of para-hydroxylation sites is 1. The van der Waals surface area contributed by atoms with Crippen molar-refractivity contribution in [2.45, 2.75) is 25.6 Å². The molecule has 1 saturated heterocycles. The fraction of sp³-hybridized carbons (Fsp3) is 0.308. The van der Waals surface area contributed by atoms with Gasteiger partial charge in [-0.25, -0.2) is 13.8 Å². The summed E-state index contributed by atoms with van der Waals surface area (Å²) in [7, 11) is 0. The van der Waals surface area contributed by atoms with Crippen LogP contribution in [0.3, 0.4) is 0 Å². The van der Waals surface area contributed by atoms with Crippen LogP contribution in [-0.4, -0.2) is 48.3 Å². The normalized spacial score (nSPS) is 16.0. The molecule has 3 aromatic rings. The van der Waals surface area contributed by atoms with E-state index in [1.807, 2.05) is 15.9 Å². The third-order valence-electron chi connectivity index (χ3n) is 6.34. The highest BCUT2D eigenvalue weighted by molar-refractivity contribution is 6.07. The molecule has 2 aliphatic rings. The van der Waals surface area contributed by atoms with Crippen molar-refractivity contribution < 1.29 is 23.4 Å². The molecule has 5 rings (SSSR count). The number of nitrogens with zero attached hydrogens (tertiary/aromatic N) is 3. The predicted octanol–water partition coefficient (Wildman–Crippen LogP) is 4.43. The Morgan fingerprint density at radius 1 is 1.11 bits per heavy atom. The van der Waals surface area contributed by atoms with E-state index < -0.39 is 18.4 Å². The molecule has 1 fully saturated rings. The van der Waals surface area contributed by atoms with Crippen molar-refractivity contribution in [2.24, 2.45) is 0 Å². The lowest BCUT2D eigenvalue weighted by Gasteiger charge is -2.32. The first-order valence-electron chi connectivity index (χ1n) is 11.6. The van der Waals surface area contributed by atoms with Gasteiger partial charge in [0.15, 0.2) is 5.75 Å². The summed E-state index contributed by atoms with van der Waals surface area (Å²) in [6, 6.07) is 13.3. The van der Waals surface area contributed by atoms with Gasteiger partial charge in [0, 0.05) is 30.5 Å². The summed E-state index contributed by atoms with van der Waals surface area (Å²) < 4.78 is 33.5. The lowest BCUT2D eigenvalue weighted by molar-refractivity contribution is 0.102. The number of hydrogen-bond donors (Lipinski definition) is 2. The Balaban J connectivity index is 1.35. The van der Waals surface area contributed by atoms with Crippen molar-refractivity contribution in [3.63, 3.8) is 0 Å². The Labute approximate surface area is 202 Å². The summed E-state index contributed by atoms with van der Waals surface area (Å²) in [6.45, 7) is 1.45. The number of aliphatic hydroxyl groups excluding tert-OH is 1. The highest BCUT2D eigenvalue weighted by atomic mass is 19.1. The van der Waals surface area contributed by atoms with E-state index in [0.717, 1.165) is 0 Å². The van der Waals surface area contributed by atoms with E-state index in [-0.39, 0.29) is 6.10 Å². The van der Waals surface area contributed by atoms with Gasteiger partial charge in [0.05, 0.1) is 29.6 Å². The molecule has 2 aromatic carbocycles. The van der Waals surface area contributed by atoms with E-state index in [1.165, 1.54) is 12.3 Å². The van der Waals surface area contributed by atoms with E-state index >= 15 is 0 Å². The monoisotopic (exact) mass is 480 g/mol. The van der Waals surface area contributed by atoms with Crippen molar-refractivity contribution >= 4 is 28.8 Å². The van der Waals surface area contributed by atoms with Crippen LogP contribution in [0.1, 0.15) is 28.8 Å². The van der Waals surface area contributed by atoms with E-state index in [0.29, 0.717) is 78.8 Å². The summed E-state index contributed by atoms with van der Waals surface area (Å²) >= 11 is 0. The number of carbonyl (C=O) groups is 1. The molecule has 2 aliphatic heterocycles. The molecule has 0 bridgehead atoms. The highest BCUT2D eigenvalue weighted by Crippen LogP contribution is 2.39. The molecule has 1 aromatic heterocycles. The summed E-state index contributed by atoms with van der Waals surface area (Å²) in [5.74, 6) is 0.195. The van der Waals surface area contributed by atoms with Gasteiger partial charge in [-0.15, -0.1) is 0 Å². The first-order chi connectivity index (χ1) is 17.0. The van der Waals surface area contributed by atoms with Crippen molar-refractivity contribution in [1.29, 1.82) is 0 Å². The number of ether oxygens (including phenoxy) is 1. The topological polar surface area (TPSA) is 77.9 Å². The van der Waals surface area contributed by atoms with Gasteiger partial charge in [0.25, 0.3) is 5.91 Å². The Morgan fingerprint density at radius 3 is 2.66 bits per heavy atom. The first-order valence-corrected chi connectivity index (χ1v) is 11.6. The number of piperidine rings is 1. The number of carbonyl (C=O) groups excluding carboxylic acids is 1.